The van der Waals surface area contributed by atoms with Crippen LogP contribution in [-0.2, 0) is 14.8 Å². The van der Waals surface area contributed by atoms with E-state index in [1.807, 2.05) is 11.9 Å². The maximum atomic E-state index is 12.5. The van der Waals surface area contributed by atoms with Crippen LogP contribution in [0.4, 0.5) is 0 Å². The van der Waals surface area contributed by atoms with Crippen LogP contribution >= 0.6 is 0 Å². The number of hydrogen-bond donors (Lipinski definition) is 2. The molecule has 1 aromatic carbocycles. The number of amides is 1. The molecule has 0 aliphatic carbocycles. The molecule has 1 aromatic rings. The standard InChI is InChI=1S/C16H22N4O3S/c1-17-9-5-10-18-16(21)13-7-4-11-20(13)15-12-6-2-3-8-14(12)24(22,23)19-15/h2-3,6,8,13,17H,4-5,7,9-11H2,1H3,(H,18,21). The third-order valence-electron chi connectivity index (χ3n) is 4.34. The molecule has 3 rings (SSSR count). The van der Waals surface area contributed by atoms with Gasteiger partial charge in [-0.25, -0.2) is 0 Å². The monoisotopic (exact) mass is 350 g/mol. The van der Waals surface area contributed by atoms with Crippen LogP contribution in [0.1, 0.15) is 24.8 Å². The minimum absolute atomic E-state index is 0.0620. The lowest BCUT2D eigenvalue weighted by Crippen LogP contribution is -2.46. The van der Waals surface area contributed by atoms with E-state index in [2.05, 4.69) is 15.0 Å². The number of sulfonamides is 1. The molecule has 1 fully saturated rings. The van der Waals surface area contributed by atoms with Crippen LogP contribution in [0.25, 0.3) is 0 Å². The van der Waals surface area contributed by atoms with Gasteiger partial charge in [0.2, 0.25) is 5.91 Å². The average Bonchev–Trinajstić information content (AvgIpc) is 3.15. The van der Waals surface area contributed by atoms with Crippen molar-refractivity contribution in [3.05, 3.63) is 29.8 Å². The van der Waals surface area contributed by atoms with Crippen LogP contribution < -0.4 is 10.6 Å². The topological polar surface area (TPSA) is 90.9 Å². The molecule has 8 heteroatoms. The summed E-state index contributed by atoms with van der Waals surface area (Å²) in [6.45, 7) is 2.08. The summed E-state index contributed by atoms with van der Waals surface area (Å²) in [5, 5.41) is 5.97. The van der Waals surface area contributed by atoms with Crippen molar-refractivity contribution in [3.8, 4) is 0 Å². The second-order valence-corrected chi connectivity index (χ2v) is 7.56. The number of carbonyl (C=O) groups excluding carboxylic acids is 1. The molecule has 2 N–H and O–H groups in total. The maximum absolute atomic E-state index is 12.5. The molecule has 1 saturated heterocycles. The van der Waals surface area contributed by atoms with Crippen LogP contribution in [0, 0.1) is 0 Å². The van der Waals surface area contributed by atoms with Crippen molar-refractivity contribution < 1.29 is 13.2 Å². The molecular weight excluding hydrogens is 328 g/mol. The van der Waals surface area contributed by atoms with Gasteiger partial charge in [-0.3, -0.25) is 4.79 Å². The summed E-state index contributed by atoms with van der Waals surface area (Å²) < 4.78 is 28.4. The zero-order chi connectivity index (χ0) is 17.2. The summed E-state index contributed by atoms with van der Waals surface area (Å²) in [4.78, 5) is 14.5. The molecule has 7 nitrogen and oxygen atoms in total. The zero-order valence-electron chi connectivity index (χ0n) is 13.7. The van der Waals surface area contributed by atoms with Crippen molar-refractivity contribution in [2.45, 2.75) is 30.2 Å². The molecule has 0 spiro atoms. The number of hydrogen-bond acceptors (Lipinski definition) is 5. The third kappa shape index (κ3) is 3.16. The fourth-order valence-electron chi connectivity index (χ4n) is 3.18. The predicted octanol–water partition coefficient (Wildman–Crippen LogP) is 0.326. The lowest BCUT2D eigenvalue weighted by Gasteiger charge is -2.25. The Morgan fingerprint density at radius 2 is 2.12 bits per heavy atom. The number of carbonyl (C=O) groups is 1. The summed E-state index contributed by atoms with van der Waals surface area (Å²) in [6.07, 6.45) is 2.40. The Hall–Kier alpha value is -1.93. The molecule has 1 atom stereocenters. The van der Waals surface area contributed by atoms with Crippen molar-refractivity contribution in [1.82, 2.24) is 15.5 Å². The van der Waals surface area contributed by atoms with Crippen molar-refractivity contribution in [1.29, 1.82) is 0 Å². The highest BCUT2D eigenvalue weighted by Crippen LogP contribution is 2.31. The van der Waals surface area contributed by atoms with Gasteiger partial charge >= 0.3 is 0 Å². The molecule has 0 saturated carbocycles. The van der Waals surface area contributed by atoms with Gasteiger partial charge in [0.15, 0.2) is 5.84 Å². The average molecular weight is 350 g/mol. The number of nitrogens with one attached hydrogen (secondary N) is 2. The van der Waals surface area contributed by atoms with Gasteiger partial charge in [0.05, 0.1) is 0 Å². The van der Waals surface area contributed by atoms with Gasteiger partial charge in [-0.05, 0) is 45.0 Å². The SMILES string of the molecule is CNCCCNC(=O)C1CCCN1C1=NS(=O)(=O)c2ccccc21. The highest BCUT2D eigenvalue weighted by molar-refractivity contribution is 7.90. The highest BCUT2D eigenvalue weighted by atomic mass is 32.2. The molecule has 0 aromatic heterocycles. The molecule has 24 heavy (non-hydrogen) atoms. The Kier molecular flexibility index (Phi) is 4.86. The molecule has 2 heterocycles. The van der Waals surface area contributed by atoms with E-state index < -0.39 is 10.0 Å². The molecule has 2 aliphatic heterocycles. The first kappa shape index (κ1) is 16.9. The van der Waals surface area contributed by atoms with E-state index in [4.69, 9.17) is 0 Å². The van der Waals surface area contributed by atoms with E-state index >= 15 is 0 Å². The zero-order valence-corrected chi connectivity index (χ0v) is 14.5. The Balaban J connectivity index is 1.78. The molecule has 1 unspecified atom stereocenters. The van der Waals surface area contributed by atoms with Crippen molar-refractivity contribution in [3.63, 3.8) is 0 Å². The molecule has 2 aliphatic rings. The Bertz CT molecular complexity index is 760. The molecule has 0 bridgehead atoms. The minimum atomic E-state index is -3.66. The van der Waals surface area contributed by atoms with Crippen molar-refractivity contribution in [2.24, 2.45) is 4.40 Å². The van der Waals surface area contributed by atoms with E-state index in [-0.39, 0.29) is 16.8 Å². The van der Waals surface area contributed by atoms with Gasteiger partial charge in [0.1, 0.15) is 10.9 Å². The fourth-order valence-corrected chi connectivity index (χ4v) is 4.40. The first-order chi connectivity index (χ1) is 11.5. The first-order valence-electron chi connectivity index (χ1n) is 8.18. The van der Waals surface area contributed by atoms with Gasteiger partial charge in [-0.2, -0.15) is 8.42 Å². The maximum Gasteiger partial charge on any atom is 0.285 e. The second-order valence-electron chi connectivity index (χ2n) is 5.99. The number of nitrogens with zero attached hydrogens (tertiary/aromatic N) is 2. The van der Waals surface area contributed by atoms with Gasteiger partial charge in [0, 0.05) is 18.7 Å². The summed E-state index contributed by atoms with van der Waals surface area (Å²) >= 11 is 0. The van der Waals surface area contributed by atoms with Crippen LogP contribution in [0.5, 0.6) is 0 Å². The number of benzene rings is 1. The number of likely N-dealkylation sites (tertiary alicyclic amines) is 1. The molecule has 1 amide bonds. The van der Waals surface area contributed by atoms with E-state index in [9.17, 15) is 13.2 Å². The Labute approximate surface area is 142 Å². The molecule has 130 valence electrons. The van der Waals surface area contributed by atoms with Crippen molar-refractivity contribution >= 4 is 21.8 Å². The van der Waals surface area contributed by atoms with Crippen LogP contribution in [0.2, 0.25) is 0 Å². The summed E-state index contributed by atoms with van der Waals surface area (Å²) in [5.41, 5.74) is 0.590. The normalized spacial score (nSPS) is 21.5. The second kappa shape index (κ2) is 6.90. The molecular formula is C16H22N4O3S. The lowest BCUT2D eigenvalue weighted by atomic mass is 10.1. The third-order valence-corrected chi connectivity index (χ3v) is 5.67. The van der Waals surface area contributed by atoms with Gasteiger partial charge < -0.3 is 15.5 Å². The first-order valence-corrected chi connectivity index (χ1v) is 9.62. The molecule has 0 radical (unpaired) electrons. The number of fused-ring (bicyclic) bond motifs is 1. The minimum Gasteiger partial charge on any atom is -0.354 e. The number of rotatable bonds is 5. The van der Waals surface area contributed by atoms with E-state index in [1.165, 1.54) is 0 Å². The van der Waals surface area contributed by atoms with Crippen LogP contribution in [0.3, 0.4) is 0 Å². The lowest BCUT2D eigenvalue weighted by molar-refractivity contribution is -0.124. The number of amidine groups is 1. The van der Waals surface area contributed by atoms with E-state index in [1.54, 1.807) is 24.3 Å². The predicted molar refractivity (Wildman–Crippen MR) is 91.4 cm³/mol. The fraction of sp³-hybridized carbons (Fsp3) is 0.500. The summed E-state index contributed by atoms with van der Waals surface area (Å²) in [6, 6.07) is 6.42. The Morgan fingerprint density at radius 1 is 1.33 bits per heavy atom. The summed E-state index contributed by atoms with van der Waals surface area (Å²) in [5.74, 6) is 0.339. The highest BCUT2D eigenvalue weighted by Gasteiger charge is 2.38. The van der Waals surface area contributed by atoms with Gasteiger partial charge in [-0.15, -0.1) is 4.40 Å². The quantitative estimate of drug-likeness (QED) is 0.747. The van der Waals surface area contributed by atoms with Gasteiger partial charge in [-0.1, -0.05) is 12.1 Å². The smallest absolute Gasteiger partial charge is 0.285 e. The Morgan fingerprint density at radius 3 is 2.92 bits per heavy atom. The van der Waals surface area contributed by atoms with Gasteiger partial charge in [0.25, 0.3) is 10.0 Å². The largest absolute Gasteiger partial charge is 0.354 e. The van der Waals surface area contributed by atoms with E-state index in [0.29, 0.717) is 30.9 Å². The van der Waals surface area contributed by atoms with Crippen LogP contribution in [0.15, 0.2) is 33.6 Å². The van der Waals surface area contributed by atoms with E-state index in [0.717, 1.165) is 19.4 Å². The summed E-state index contributed by atoms with van der Waals surface area (Å²) in [7, 11) is -1.79. The van der Waals surface area contributed by atoms with Crippen LogP contribution in [-0.4, -0.2) is 57.8 Å². The van der Waals surface area contributed by atoms with Crippen molar-refractivity contribution in [2.75, 3.05) is 26.7 Å².